The van der Waals surface area contributed by atoms with Crippen molar-refractivity contribution in [1.82, 2.24) is 10.3 Å². The maximum absolute atomic E-state index is 11.4. The van der Waals surface area contributed by atoms with Gasteiger partial charge in [-0.2, -0.15) is 0 Å². The van der Waals surface area contributed by atoms with Gasteiger partial charge in [0.2, 0.25) is 5.91 Å². The summed E-state index contributed by atoms with van der Waals surface area (Å²) in [6, 6.07) is 5.10. The first-order valence-corrected chi connectivity index (χ1v) is 6.59. The molecule has 0 saturated heterocycles. The van der Waals surface area contributed by atoms with Gasteiger partial charge in [0.25, 0.3) is 0 Å². The predicted molar refractivity (Wildman–Crippen MR) is 73.2 cm³/mol. The molecule has 2 rings (SSSR count). The summed E-state index contributed by atoms with van der Waals surface area (Å²) in [4.78, 5) is 26.9. The van der Waals surface area contributed by atoms with Crippen molar-refractivity contribution in [1.29, 1.82) is 0 Å². The Morgan fingerprint density at radius 2 is 2.16 bits per heavy atom. The van der Waals surface area contributed by atoms with Gasteiger partial charge in [0, 0.05) is 6.92 Å². The lowest BCUT2D eigenvalue weighted by atomic mass is 10.2. The lowest BCUT2D eigenvalue weighted by molar-refractivity contribution is -0.119. The second-order valence-electron chi connectivity index (χ2n) is 4.15. The number of amides is 1. The standard InChI is InChI=1S/C13H14N2O3S/c1-7(14-8(2)16)12-15-10-6-9(13(17)18-3)4-5-11(10)19-12/h4-7H,1-3H3,(H,14,16). The van der Waals surface area contributed by atoms with E-state index in [1.165, 1.54) is 25.4 Å². The van der Waals surface area contributed by atoms with E-state index in [1.807, 2.05) is 13.0 Å². The molecule has 0 aliphatic carbocycles. The van der Waals surface area contributed by atoms with Gasteiger partial charge in [-0.1, -0.05) is 0 Å². The van der Waals surface area contributed by atoms with Gasteiger partial charge in [-0.3, -0.25) is 4.79 Å². The first-order chi connectivity index (χ1) is 9.01. The monoisotopic (exact) mass is 278 g/mol. The van der Waals surface area contributed by atoms with Crippen LogP contribution in [0.15, 0.2) is 18.2 Å². The van der Waals surface area contributed by atoms with Crippen LogP contribution < -0.4 is 5.32 Å². The van der Waals surface area contributed by atoms with Crippen LogP contribution >= 0.6 is 11.3 Å². The van der Waals surface area contributed by atoms with Crippen molar-refractivity contribution in [2.75, 3.05) is 7.11 Å². The predicted octanol–water partition coefficient (Wildman–Crippen LogP) is 2.28. The molecular weight excluding hydrogens is 264 g/mol. The molecule has 0 aliphatic rings. The van der Waals surface area contributed by atoms with E-state index in [-0.39, 0.29) is 17.9 Å². The smallest absolute Gasteiger partial charge is 0.337 e. The number of rotatable bonds is 3. The number of fused-ring (bicyclic) bond motifs is 1. The zero-order chi connectivity index (χ0) is 14.0. The highest BCUT2D eigenvalue weighted by atomic mass is 32.1. The number of carbonyl (C=O) groups is 2. The maximum atomic E-state index is 11.4. The quantitative estimate of drug-likeness (QED) is 0.875. The Morgan fingerprint density at radius 3 is 2.79 bits per heavy atom. The SMILES string of the molecule is COC(=O)c1ccc2sc(C(C)NC(C)=O)nc2c1. The van der Waals surface area contributed by atoms with E-state index >= 15 is 0 Å². The molecule has 0 bridgehead atoms. The molecule has 1 aromatic heterocycles. The molecule has 0 aliphatic heterocycles. The van der Waals surface area contributed by atoms with Crippen molar-refractivity contribution >= 4 is 33.4 Å². The minimum absolute atomic E-state index is 0.0954. The number of hydrogen-bond donors (Lipinski definition) is 1. The van der Waals surface area contributed by atoms with Crippen LogP contribution in [0.3, 0.4) is 0 Å². The van der Waals surface area contributed by atoms with Crippen molar-refractivity contribution in [3.05, 3.63) is 28.8 Å². The Morgan fingerprint density at radius 1 is 1.42 bits per heavy atom. The van der Waals surface area contributed by atoms with Crippen LogP contribution in [0.1, 0.15) is 35.3 Å². The number of benzene rings is 1. The van der Waals surface area contributed by atoms with E-state index in [2.05, 4.69) is 15.0 Å². The molecule has 0 spiro atoms. The highest BCUT2D eigenvalue weighted by Gasteiger charge is 2.14. The van der Waals surface area contributed by atoms with Gasteiger partial charge in [-0.25, -0.2) is 9.78 Å². The highest BCUT2D eigenvalue weighted by Crippen LogP contribution is 2.27. The van der Waals surface area contributed by atoms with Gasteiger partial charge < -0.3 is 10.1 Å². The number of ether oxygens (including phenoxy) is 1. The maximum Gasteiger partial charge on any atom is 0.337 e. The second kappa shape index (κ2) is 5.36. The molecule has 1 N–H and O–H groups in total. The van der Waals surface area contributed by atoms with Crippen LogP contribution in [0.4, 0.5) is 0 Å². The average molecular weight is 278 g/mol. The number of esters is 1. The molecule has 1 aromatic carbocycles. The van der Waals surface area contributed by atoms with Crippen LogP contribution in [-0.4, -0.2) is 24.0 Å². The van der Waals surface area contributed by atoms with E-state index < -0.39 is 0 Å². The van der Waals surface area contributed by atoms with Gasteiger partial charge in [0.15, 0.2) is 0 Å². The first kappa shape index (κ1) is 13.5. The van der Waals surface area contributed by atoms with Gasteiger partial charge >= 0.3 is 5.97 Å². The van der Waals surface area contributed by atoms with E-state index in [4.69, 9.17) is 0 Å². The van der Waals surface area contributed by atoms with Crippen LogP contribution in [-0.2, 0) is 9.53 Å². The molecule has 100 valence electrons. The molecule has 0 radical (unpaired) electrons. The van der Waals surface area contributed by atoms with Gasteiger partial charge in [-0.15, -0.1) is 11.3 Å². The number of methoxy groups -OCH3 is 1. The van der Waals surface area contributed by atoms with E-state index in [0.717, 1.165) is 15.2 Å². The Kier molecular flexibility index (Phi) is 3.80. The van der Waals surface area contributed by atoms with Crippen LogP contribution in [0.25, 0.3) is 10.2 Å². The molecular formula is C13H14N2O3S. The Labute approximate surface area is 114 Å². The third-order valence-corrected chi connectivity index (χ3v) is 3.83. The van der Waals surface area contributed by atoms with Crippen molar-refractivity contribution < 1.29 is 14.3 Å². The summed E-state index contributed by atoms with van der Waals surface area (Å²) in [7, 11) is 1.35. The number of thiazole rings is 1. The van der Waals surface area contributed by atoms with E-state index in [0.29, 0.717) is 5.56 Å². The minimum Gasteiger partial charge on any atom is -0.465 e. The number of nitrogens with one attached hydrogen (secondary N) is 1. The first-order valence-electron chi connectivity index (χ1n) is 5.77. The number of hydrogen-bond acceptors (Lipinski definition) is 5. The molecule has 5 nitrogen and oxygen atoms in total. The fourth-order valence-electron chi connectivity index (χ4n) is 1.74. The Hall–Kier alpha value is -1.95. The van der Waals surface area contributed by atoms with Crippen molar-refractivity contribution in [3.63, 3.8) is 0 Å². The van der Waals surface area contributed by atoms with Crippen molar-refractivity contribution in [2.24, 2.45) is 0 Å². The topological polar surface area (TPSA) is 68.3 Å². The zero-order valence-corrected chi connectivity index (χ0v) is 11.7. The fraction of sp³-hybridized carbons (Fsp3) is 0.308. The minimum atomic E-state index is -0.383. The summed E-state index contributed by atoms with van der Waals surface area (Å²) < 4.78 is 5.64. The molecule has 1 atom stereocenters. The number of nitrogens with zero attached hydrogens (tertiary/aromatic N) is 1. The van der Waals surface area contributed by atoms with Crippen molar-refractivity contribution in [2.45, 2.75) is 19.9 Å². The third kappa shape index (κ3) is 2.90. The Bertz CT molecular complexity index is 636. The third-order valence-electron chi connectivity index (χ3n) is 2.62. The second-order valence-corrected chi connectivity index (χ2v) is 5.21. The molecule has 1 unspecified atom stereocenters. The lowest BCUT2D eigenvalue weighted by Gasteiger charge is -2.07. The molecule has 1 heterocycles. The van der Waals surface area contributed by atoms with Crippen LogP contribution in [0, 0.1) is 0 Å². The fourth-order valence-corrected chi connectivity index (χ4v) is 2.69. The van der Waals surface area contributed by atoms with Crippen LogP contribution in [0.5, 0.6) is 0 Å². The van der Waals surface area contributed by atoms with Gasteiger partial charge in [0.1, 0.15) is 5.01 Å². The summed E-state index contributed by atoms with van der Waals surface area (Å²) in [6.45, 7) is 3.35. The summed E-state index contributed by atoms with van der Waals surface area (Å²) >= 11 is 1.50. The molecule has 6 heteroatoms. The molecule has 19 heavy (non-hydrogen) atoms. The van der Waals surface area contributed by atoms with Gasteiger partial charge in [0.05, 0.1) is 28.9 Å². The van der Waals surface area contributed by atoms with Gasteiger partial charge in [-0.05, 0) is 25.1 Å². The van der Waals surface area contributed by atoms with E-state index in [9.17, 15) is 9.59 Å². The summed E-state index contributed by atoms with van der Waals surface area (Å²) in [5.41, 5.74) is 1.21. The normalized spacial score (nSPS) is 12.2. The lowest BCUT2D eigenvalue weighted by Crippen LogP contribution is -2.23. The number of carbonyl (C=O) groups excluding carboxylic acids is 2. The Balaban J connectivity index is 2.35. The summed E-state index contributed by atoms with van der Waals surface area (Å²) in [6.07, 6.45) is 0. The average Bonchev–Trinajstić information content (AvgIpc) is 2.79. The van der Waals surface area contributed by atoms with E-state index in [1.54, 1.807) is 12.1 Å². The molecule has 0 fully saturated rings. The molecule has 2 aromatic rings. The molecule has 1 amide bonds. The molecule has 0 saturated carbocycles. The zero-order valence-electron chi connectivity index (χ0n) is 10.9. The largest absolute Gasteiger partial charge is 0.465 e. The summed E-state index contributed by atoms with van der Waals surface area (Å²) in [5.74, 6) is -0.478. The van der Waals surface area contributed by atoms with Crippen LogP contribution in [0.2, 0.25) is 0 Å². The number of aromatic nitrogens is 1. The highest BCUT2D eigenvalue weighted by molar-refractivity contribution is 7.18. The summed E-state index contributed by atoms with van der Waals surface area (Å²) in [5, 5.41) is 3.60. The van der Waals surface area contributed by atoms with Crippen molar-refractivity contribution in [3.8, 4) is 0 Å².